The molecule has 0 radical (unpaired) electrons. The van der Waals surface area contributed by atoms with Crippen molar-refractivity contribution in [1.82, 2.24) is 15.3 Å². The Balaban J connectivity index is 1.80. The Morgan fingerprint density at radius 1 is 1.43 bits per heavy atom. The van der Waals surface area contributed by atoms with Gasteiger partial charge in [-0.3, -0.25) is 20.0 Å². The molecule has 1 aliphatic rings. The summed E-state index contributed by atoms with van der Waals surface area (Å²) in [5.41, 5.74) is 8.53. The minimum atomic E-state index is -0.152. The Kier molecular flexibility index (Phi) is 5.40. The van der Waals surface area contributed by atoms with Gasteiger partial charge in [0.15, 0.2) is 0 Å². The number of aromatic nitrogens is 1. The van der Waals surface area contributed by atoms with E-state index in [4.69, 9.17) is 11.6 Å². The summed E-state index contributed by atoms with van der Waals surface area (Å²) >= 11 is 1.40. The van der Waals surface area contributed by atoms with Crippen LogP contribution in [-0.4, -0.2) is 40.5 Å². The van der Waals surface area contributed by atoms with Crippen LogP contribution < -0.4 is 17.0 Å². The van der Waals surface area contributed by atoms with Crippen molar-refractivity contribution in [3.63, 3.8) is 0 Å². The van der Waals surface area contributed by atoms with Gasteiger partial charge in [-0.25, -0.2) is 5.84 Å². The molecule has 0 aliphatic carbocycles. The average Bonchev–Trinajstić information content (AvgIpc) is 2.53. The number of carbonyl (C=O) groups excluding carboxylic acids is 2. The number of nitrogens with two attached hydrogens (primary N) is 2. The molecule has 0 saturated carbocycles. The third kappa shape index (κ3) is 4.08. The van der Waals surface area contributed by atoms with Crippen LogP contribution in [0, 0.1) is 5.92 Å². The minimum Gasteiger partial charge on any atom is -0.397 e. The predicted octanol–water partition coefficient (Wildman–Crippen LogP) is -0.0156. The van der Waals surface area contributed by atoms with Crippen molar-refractivity contribution >= 4 is 29.3 Å². The summed E-state index contributed by atoms with van der Waals surface area (Å²) in [5, 5.41) is 0. The number of nitrogen functional groups attached to an aromatic ring is 1. The SMILES string of the molecule is NNC(=O)C1CCN(C(=O)CSc2ccncc2N)CC1. The number of hydrazine groups is 1. The Labute approximate surface area is 127 Å². The lowest BCUT2D eigenvalue weighted by Crippen LogP contribution is -2.45. The molecule has 5 N–H and O–H groups in total. The zero-order valence-electron chi connectivity index (χ0n) is 11.6. The van der Waals surface area contributed by atoms with Gasteiger partial charge in [0.25, 0.3) is 0 Å². The van der Waals surface area contributed by atoms with Gasteiger partial charge in [0, 0.05) is 30.1 Å². The maximum absolute atomic E-state index is 12.2. The predicted molar refractivity (Wildman–Crippen MR) is 81.0 cm³/mol. The molecule has 1 saturated heterocycles. The van der Waals surface area contributed by atoms with Gasteiger partial charge in [0.1, 0.15) is 0 Å². The smallest absolute Gasteiger partial charge is 0.237 e. The zero-order valence-corrected chi connectivity index (χ0v) is 12.4. The molecule has 0 bridgehead atoms. The molecule has 2 amide bonds. The molecule has 2 rings (SSSR count). The number of anilines is 1. The van der Waals surface area contributed by atoms with Crippen LogP contribution in [0.1, 0.15) is 12.8 Å². The number of hydrogen-bond donors (Lipinski definition) is 3. The number of hydrogen-bond acceptors (Lipinski definition) is 6. The summed E-state index contributed by atoms with van der Waals surface area (Å²) in [6.07, 6.45) is 4.53. The molecule has 0 spiro atoms. The first-order valence-electron chi connectivity index (χ1n) is 6.72. The van der Waals surface area contributed by atoms with E-state index in [1.54, 1.807) is 23.4 Å². The van der Waals surface area contributed by atoms with Crippen molar-refractivity contribution in [2.24, 2.45) is 11.8 Å². The van der Waals surface area contributed by atoms with Gasteiger partial charge in [0.2, 0.25) is 11.8 Å². The van der Waals surface area contributed by atoms with Crippen LogP contribution >= 0.6 is 11.8 Å². The van der Waals surface area contributed by atoms with E-state index in [0.717, 1.165) is 4.90 Å². The number of nitrogens with one attached hydrogen (secondary N) is 1. The first-order chi connectivity index (χ1) is 10.1. The molecular formula is C13H19N5O2S. The van der Waals surface area contributed by atoms with E-state index >= 15 is 0 Å². The molecule has 2 heterocycles. The van der Waals surface area contributed by atoms with Crippen LogP contribution in [0.15, 0.2) is 23.4 Å². The summed E-state index contributed by atoms with van der Waals surface area (Å²) in [5.74, 6) is 5.27. The number of pyridine rings is 1. The Morgan fingerprint density at radius 3 is 2.76 bits per heavy atom. The van der Waals surface area contributed by atoms with Crippen LogP contribution in [0.5, 0.6) is 0 Å². The van der Waals surface area contributed by atoms with Crippen LogP contribution in [0.2, 0.25) is 0 Å². The third-order valence-electron chi connectivity index (χ3n) is 3.52. The van der Waals surface area contributed by atoms with Gasteiger partial charge in [-0.05, 0) is 18.9 Å². The van der Waals surface area contributed by atoms with Gasteiger partial charge in [-0.2, -0.15) is 0 Å². The average molecular weight is 309 g/mol. The van der Waals surface area contributed by atoms with Crippen LogP contribution in [0.4, 0.5) is 5.69 Å². The quantitative estimate of drug-likeness (QED) is 0.312. The lowest BCUT2D eigenvalue weighted by atomic mass is 9.96. The lowest BCUT2D eigenvalue weighted by Gasteiger charge is -2.31. The second-order valence-electron chi connectivity index (χ2n) is 4.87. The summed E-state index contributed by atoms with van der Waals surface area (Å²) in [7, 11) is 0. The van der Waals surface area contributed by atoms with Gasteiger partial charge < -0.3 is 10.6 Å². The molecule has 1 aromatic heterocycles. The van der Waals surface area contributed by atoms with E-state index in [9.17, 15) is 9.59 Å². The number of piperidine rings is 1. The van der Waals surface area contributed by atoms with E-state index < -0.39 is 0 Å². The fourth-order valence-corrected chi connectivity index (χ4v) is 3.10. The highest BCUT2D eigenvalue weighted by molar-refractivity contribution is 8.00. The number of carbonyl (C=O) groups is 2. The molecule has 7 nitrogen and oxygen atoms in total. The first-order valence-corrected chi connectivity index (χ1v) is 7.71. The molecule has 1 aliphatic heterocycles. The molecule has 0 atom stereocenters. The van der Waals surface area contributed by atoms with E-state index in [2.05, 4.69) is 10.4 Å². The van der Waals surface area contributed by atoms with Crippen molar-refractivity contribution in [3.8, 4) is 0 Å². The Bertz CT molecular complexity index is 517. The number of likely N-dealkylation sites (tertiary alicyclic amines) is 1. The van der Waals surface area contributed by atoms with Gasteiger partial charge in [-0.1, -0.05) is 0 Å². The normalized spacial score (nSPS) is 15.8. The van der Waals surface area contributed by atoms with Gasteiger partial charge >= 0.3 is 0 Å². The number of thioether (sulfide) groups is 1. The first kappa shape index (κ1) is 15.6. The summed E-state index contributed by atoms with van der Waals surface area (Å²) in [6.45, 7) is 1.17. The monoisotopic (exact) mass is 309 g/mol. The Morgan fingerprint density at radius 2 is 2.14 bits per heavy atom. The van der Waals surface area contributed by atoms with Crippen LogP contribution in [0.25, 0.3) is 0 Å². The second kappa shape index (κ2) is 7.28. The number of amides is 2. The molecule has 1 fully saturated rings. The minimum absolute atomic E-state index is 0.0582. The summed E-state index contributed by atoms with van der Waals surface area (Å²) in [4.78, 5) is 30.1. The molecule has 0 unspecified atom stereocenters. The lowest BCUT2D eigenvalue weighted by molar-refractivity contribution is -0.133. The van der Waals surface area contributed by atoms with E-state index in [1.807, 2.05) is 0 Å². The number of nitrogens with zero attached hydrogens (tertiary/aromatic N) is 2. The van der Waals surface area contributed by atoms with Crippen molar-refractivity contribution in [1.29, 1.82) is 0 Å². The molecule has 8 heteroatoms. The van der Waals surface area contributed by atoms with E-state index in [-0.39, 0.29) is 17.7 Å². The summed E-state index contributed by atoms with van der Waals surface area (Å²) < 4.78 is 0. The highest BCUT2D eigenvalue weighted by Crippen LogP contribution is 2.24. The van der Waals surface area contributed by atoms with Gasteiger partial charge in [-0.15, -0.1) is 11.8 Å². The van der Waals surface area contributed by atoms with E-state index in [1.165, 1.54) is 11.8 Å². The number of rotatable bonds is 4. The van der Waals surface area contributed by atoms with Gasteiger partial charge in [0.05, 0.1) is 17.6 Å². The Hall–Kier alpha value is -1.80. The fraction of sp³-hybridized carbons (Fsp3) is 0.462. The molecule has 1 aromatic rings. The highest BCUT2D eigenvalue weighted by Gasteiger charge is 2.26. The fourth-order valence-electron chi connectivity index (χ4n) is 2.27. The van der Waals surface area contributed by atoms with Crippen molar-refractivity contribution in [3.05, 3.63) is 18.5 Å². The second-order valence-corrected chi connectivity index (χ2v) is 5.88. The maximum Gasteiger partial charge on any atom is 0.237 e. The largest absolute Gasteiger partial charge is 0.397 e. The topological polar surface area (TPSA) is 114 Å². The molecular weight excluding hydrogens is 290 g/mol. The van der Waals surface area contributed by atoms with Crippen molar-refractivity contribution in [2.75, 3.05) is 24.6 Å². The standard InChI is InChI=1S/C13H19N5O2S/c14-10-7-16-4-1-11(10)21-8-12(19)18-5-2-9(3-6-18)13(20)17-15/h1,4,7,9H,2-3,5-6,8,14-15H2,(H,17,20). The van der Waals surface area contributed by atoms with Crippen molar-refractivity contribution in [2.45, 2.75) is 17.7 Å². The summed E-state index contributed by atoms with van der Waals surface area (Å²) in [6, 6.07) is 1.80. The maximum atomic E-state index is 12.2. The van der Waals surface area contributed by atoms with Crippen LogP contribution in [0.3, 0.4) is 0 Å². The van der Waals surface area contributed by atoms with E-state index in [0.29, 0.717) is 37.4 Å². The third-order valence-corrected chi connectivity index (χ3v) is 4.60. The highest BCUT2D eigenvalue weighted by atomic mass is 32.2. The molecule has 21 heavy (non-hydrogen) atoms. The molecule has 0 aromatic carbocycles. The molecule has 114 valence electrons. The van der Waals surface area contributed by atoms with Crippen LogP contribution in [-0.2, 0) is 9.59 Å². The van der Waals surface area contributed by atoms with Crippen molar-refractivity contribution < 1.29 is 9.59 Å². The zero-order chi connectivity index (χ0) is 15.2.